The van der Waals surface area contributed by atoms with E-state index in [-0.39, 0.29) is 12.0 Å². The number of aliphatic carboxylic acids is 1. The molecule has 0 unspecified atom stereocenters. The van der Waals surface area contributed by atoms with Crippen LogP contribution in [0.1, 0.15) is 32.3 Å². The van der Waals surface area contributed by atoms with Gasteiger partial charge in [-0.3, -0.25) is 0 Å². The fourth-order valence-electron chi connectivity index (χ4n) is 2.44. The second kappa shape index (κ2) is 6.16. The summed E-state index contributed by atoms with van der Waals surface area (Å²) in [6, 6.07) is 7.93. The Morgan fingerprint density at radius 1 is 1.29 bits per heavy atom. The first-order chi connectivity index (χ1) is 9.88. The Morgan fingerprint density at radius 2 is 1.90 bits per heavy atom. The average molecular weight is 290 g/mol. The Balaban J connectivity index is 1.93. The summed E-state index contributed by atoms with van der Waals surface area (Å²) in [5.74, 6) is -0.543. The van der Waals surface area contributed by atoms with Gasteiger partial charge in [0.05, 0.1) is 0 Å². The number of carbonyl (C=O) groups excluding carboxylic acids is 1. The summed E-state index contributed by atoms with van der Waals surface area (Å²) in [6.45, 7) is 3.94. The molecule has 0 aromatic heterocycles. The SMILES string of the molecule is CC(C)(NC(=O)N[C@@H](Cc1ccccc1)C(=O)O)C1CC1. The third kappa shape index (κ3) is 4.48. The maximum Gasteiger partial charge on any atom is 0.326 e. The van der Waals surface area contributed by atoms with Crippen molar-refractivity contribution in [1.29, 1.82) is 0 Å². The van der Waals surface area contributed by atoms with Gasteiger partial charge in [0.25, 0.3) is 0 Å². The van der Waals surface area contributed by atoms with Crippen LogP contribution < -0.4 is 10.6 Å². The zero-order valence-corrected chi connectivity index (χ0v) is 12.4. The average Bonchev–Trinajstić information content (AvgIpc) is 3.23. The molecule has 0 bridgehead atoms. The Morgan fingerprint density at radius 3 is 2.43 bits per heavy atom. The minimum Gasteiger partial charge on any atom is -0.480 e. The summed E-state index contributed by atoms with van der Waals surface area (Å²) in [5, 5.41) is 14.7. The fourth-order valence-corrected chi connectivity index (χ4v) is 2.44. The smallest absolute Gasteiger partial charge is 0.326 e. The molecule has 114 valence electrons. The molecule has 3 N–H and O–H groups in total. The van der Waals surface area contributed by atoms with Gasteiger partial charge in [0.2, 0.25) is 0 Å². The molecule has 2 rings (SSSR count). The van der Waals surface area contributed by atoms with Crippen LogP contribution in [-0.4, -0.2) is 28.7 Å². The van der Waals surface area contributed by atoms with Gasteiger partial charge < -0.3 is 15.7 Å². The molecule has 0 aliphatic heterocycles. The summed E-state index contributed by atoms with van der Waals surface area (Å²) < 4.78 is 0. The van der Waals surface area contributed by atoms with Crippen LogP contribution in [0, 0.1) is 5.92 Å². The largest absolute Gasteiger partial charge is 0.480 e. The van der Waals surface area contributed by atoms with Crippen LogP contribution in [-0.2, 0) is 11.2 Å². The van der Waals surface area contributed by atoms with Gasteiger partial charge in [-0.1, -0.05) is 30.3 Å². The highest BCUT2D eigenvalue weighted by Gasteiger charge is 2.39. The van der Waals surface area contributed by atoms with Crippen LogP contribution in [0.15, 0.2) is 30.3 Å². The third-order valence-electron chi connectivity index (χ3n) is 3.92. The number of benzene rings is 1. The molecule has 5 heteroatoms. The number of carboxylic acid groups (broad SMARTS) is 1. The molecule has 0 saturated heterocycles. The second-order valence-corrected chi connectivity index (χ2v) is 6.17. The van der Waals surface area contributed by atoms with E-state index in [9.17, 15) is 14.7 Å². The molecule has 1 aromatic carbocycles. The van der Waals surface area contributed by atoms with Gasteiger partial charge in [-0.25, -0.2) is 9.59 Å². The molecule has 21 heavy (non-hydrogen) atoms. The Labute approximate surface area is 124 Å². The zero-order chi connectivity index (χ0) is 15.5. The van der Waals surface area contributed by atoms with Crippen LogP contribution in [0.25, 0.3) is 0 Å². The van der Waals surface area contributed by atoms with Crippen molar-refractivity contribution in [1.82, 2.24) is 10.6 Å². The second-order valence-electron chi connectivity index (χ2n) is 6.17. The third-order valence-corrected chi connectivity index (χ3v) is 3.92. The van der Waals surface area contributed by atoms with E-state index in [1.807, 2.05) is 44.2 Å². The topological polar surface area (TPSA) is 78.4 Å². The van der Waals surface area contributed by atoms with Gasteiger partial charge in [0.1, 0.15) is 6.04 Å². The first kappa shape index (κ1) is 15.4. The lowest BCUT2D eigenvalue weighted by atomic mass is 9.99. The minimum absolute atomic E-state index is 0.271. The highest BCUT2D eigenvalue weighted by atomic mass is 16.4. The molecule has 1 aromatic rings. The van der Waals surface area contributed by atoms with Crippen molar-refractivity contribution in [3.63, 3.8) is 0 Å². The van der Waals surface area contributed by atoms with Crippen LogP contribution in [0.5, 0.6) is 0 Å². The number of rotatable bonds is 6. The van der Waals surface area contributed by atoms with Gasteiger partial charge in [-0.05, 0) is 38.2 Å². The molecule has 0 heterocycles. The molecule has 2 amide bonds. The number of carboxylic acids is 1. The molecular weight excluding hydrogens is 268 g/mol. The number of amides is 2. The van der Waals surface area contributed by atoms with Gasteiger partial charge in [-0.2, -0.15) is 0 Å². The maximum atomic E-state index is 12.0. The molecular formula is C16H22N2O3. The van der Waals surface area contributed by atoms with Crippen molar-refractivity contribution in [2.45, 2.75) is 44.7 Å². The van der Waals surface area contributed by atoms with Crippen molar-refractivity contribution in [3.8, 4) is 0 Å². The molecule has 5 nitrogen and oxygen atoms in total. The Hall–Kier alpha value is -2.04. The van der Waals surface area contributed by atoms with Crippen LogP contribution in [0.4, 0.5) is 4.79 Å². The minimum atomic E-state index is -1.03. The van der Waals surface area contributed by atoms with E-state index >= 15 is 0 Å². The normalized spacial score (nSPS) is 16.1. The van der Waals surface area contributed by atoms with E-state index in [0.29, 0.717) is 5.92 Å². The number of urea groups is 1. The zero-order valence-electron chi connectivity index (χ0n) is 12.4. The van der Waals surface area contributed by atoms with E-state index in [0.717, 1.165) is 18.4 Å². The van der Waals surface area contributed by atoms with Crippen molar-refractivity contribution < 1.29 is 14.7 Å². The summed E-state index contributed by atoms with van der Waals surface area (Å²) in [5.41, 5.74) is 0.589. The predicted octanol–water partition coefficient (Wildman–Crippen LogP) is 2.17. The number of carbonyl (C=O) groups is 2. The summed E-state index contributed by atoms with van der Waals surface area (Å²) in [6.07, 6.45) is 2.49. The molecule has 0 spiro atoms. The maximum absolute atomic E-state index is 12.0. The van der Waals surface area contributed by atoms with E-state index in [1.165, 1.54) is 0 Å². The number of hydrogen-bond acceptors (Lipinski definition) is 2. The van der Waals surface area contributed by atoms with E-state index < -0.39 is 18.0 Å². The molecule has 1 atom stereocenters. The number of hydrogen-bond donors (Lipinski definition) is 3. The molecule has 1 aliphatic rings. The summed E-state index contributed by atoms with van der Waals surface area (Å²) in [4.78, 5) is 23.3. The lowest BCUT2D eigenvalue weighted by Gasteiger charge is -2.27. The lowest BCUT2D eigenvalue weighted by molar-refractivity contribution is -0.139. The van der Waals surface area contributed by atoms with Gasteiger partial charge in [-0.15, -0.1) is 0 Å². The van der Waals surface area contributed by atoms with Crippen LogP contribution in [0.3, 0.4) is 0 Å². The van der Waals surface area contributed by atoms with Gasteiger partial charge in [0.15, 0.2) is 0 Å². The first-order valence-electron chi connectivity index (χ1n) is 7.24. The monoisotopic (exact) mass is 290 g/mol. The van der Waals surface area contributed by atoms with Gasteiger partial charge >= 0.3 is 12.0 Å². The Kier molecular flexibility index (Phi) is 4.50. The van der Waals surface area contributed by atoms with Crippen molar-refractivity contribution in [2.24, 2.45) is 5.92 Å². The van der Waals surface area contributed by atoms with Crippen molar-refractivity contribution in [2.75, 3.05) is 0 Å². The van der Waals surface area contributed by atoms with Crippen LogP contribution in [0.2, 0.25) is 0 Å². The standard InChI is InChI=1S/C16H22N2O3/c1-16(2,12-8-9-12)18-15(21)17-13(14(19)20)10-11-6-4-3-5-7-11/h3-7,12-13H,8-10H2,1-2H3,(H,19,20)(H2,17,18,21)/t13-/m0/s1. The first-order valence-corrected chi connectivity index (χ1v) is 7.24. The van der Waals surface area contributed by atoms with Crippen molar-refractivity contribution >= 4 is 12.0 Å². The number of nitrogens with one attached hydrogen (secondary N) is 2. The highest BCUT2D eigenvalue weighted by molar-refractivity contribution is 5.83. The molecule has 1 aliphatic carbocycles. The van der Waals surface area contributed by atoms with Gasteiger partial charge in [0, 0.05) is 12.0 Å². The fraction of sp³-hybridized carbons (Fsp3) is 0.500. The van der Waals surface area contributed by atoms with E-state index in [2.05, 4.69) is 10.6 Å². The summed E-state index contributed by atoms with van der Waals surface area (Å²) in [7, 11) is 0. The molecule has 1 fully saturated rings. The van der Waals surface area contributed by atoms with E-state index in [1.54, 1.807) is 0 Å². The van der Waals surface area contributed by atoms with Crippen LogP contribution >= 0.6 is 0 Å². The highest BCUT2D eigenvalue weighted by Crippen LogP contribution is 2.39. The lowest BCUT2D eigenvalue weighted by Crippen LogP contribution is -2.54. The summed E-state index contributed by atoms with van der Waals surface area (Å²) >= 11 is 0. The van der Waals surface area contributed by atoms with Crippen molar-refractivity contribution in [3.05, 3.63) is 35.9 Å². The predicted molar refractivity (Wildman–Crippen MR) is 80.0 cm³/mol. The molecule has 0 radical (unpaired) electrons. The van der Waals surface area contributed by atoms with E-state index in [4.69, 9.17) is 0 Å². The Bertz CT molecular complexity index is 510. The molecule has 1 saturated carbocycles. The quantitative estimate of drug-likeness (QED) is 0.751.